The summed E-state index contributed by atoms with van der Waals surface area (Å²) in [6.07, 6.45) is 1.50. The summed E-state index contributed by atoms with van der Waals surface area (Å²) in [5, 5.41) is 15.3. The smallest absolute Gasteiger partial charge is 0.282 e. The number of aromatic amines is 1. The highest BCUT2D eigenvalue weighted by molar-refractivity contribution is 6.04. The summed E-state index contributed by atoms with van der Waals surface area (Å²) < 4.78 is 4.27. The molecular weight excluding hydrogens is 188 g/mol. The molecule has 2 heterocycles. The second kappa shape index (κ2) is 3.17. The first-order valence-corrected chi connectivity index (χ1v) is 3.66. The summed E-state index contributed by atoms with van der Waals surface area (Å²) in [6, 6.07) is 1.58. The van der Waals surface area contributed by atoms with Crippen molar-refractivity contribution in [1.82, 2.24) is 20.5 Å². The van der Waals surface area contributed by atoms with E-state index in [0.29, 0.717) is 5.82 Å². The van der Waals surface area contributed by atoms with Gasteiger partial charge < -0.3 is 11.1 Å². The molecule has 0 spiro atoms. The average molecular weight is 194 g/mol. The van der Waals surface area contributed by atoms with Crippen LogP contribution in [0.25, 0.3) is 0 Å². The molecule has 0 fully saturated rings. The molecule has 0 atom stereocenters. The lowest BCUT2D eigenvalue weighted by Gasteiger charge is -1.97. The Morgan fingerprint density at radius 2 is 2.43 bits per heavy atom. The third kappa shape index (κ3) is 1.40. The van der Waals surface area contributed by atoms with Crippen LogP contribution in [0.1, 0.15) is 10.5 Å². The molecule has 72 valence electrons. The van der Waals surface area contributed by atoms with Crippen molar-refractivity contribution in [3.05, 3.63) is 18.0 Å². The second-order valence-corrected chi connectivity index (χ2v) is 2.42. The van der Waals surface area contributed by atoms with Crippen molar-refractivity contribution in [2.24, 2.45) is 0 Å². The molecule has 2 rings (SSSR count). The number of nitrogen functional groups attached to an aromatic ring is 1. The average Bonchev–Trinajstić information content (AvgIpc) is 2.75. The fraction of sp³-hybridized carbons (Fsp3) is 0. The van der Waals surface area contributed by atoms with Gasteiger partial charge in [0.2, 0.25) is 11.5 Å². The van der Waals surface area contributed by atoms with Gasteiger partial charge in [0, 0.05) is 6.07 Å². The second-order valence-electron chi connectivity index (χ2n) is 2.42. The molecule has 0 bridgehead atoms. The van der Waals surface area contributed by atoms with Gasteiger partial charge in [-0.15, -0.1) is 0 Å². The highest BCUT2D eigenvalue weighted by atomic mass is 16.6. The minimum atomic E-state index is -0.506. The Morgan fingerprint density at radius 3 is 3.00 bits per heavy atom. The van der Waals surface area contributed by atoms with E-state index in [4.69, 9.17) is 5.73 Å². The summed E-state index contributed by atoms with van der Waals surface area (Å²) in [5.74, 6) is -0.118. The monoisotopic (exact) mass is 194 g/mol. The maximum atomic E-state index is 11.4. The van der Waals surface area contributed by atoms with Crippen LogP contribution in [0.5, 0.6) is 0 Å². The minimum Gasteiger partial charge on any atom is -0.379 e. The fourth-order valence-electron chi connectivity index (χ4n) is 0.860. The largest absolute Gasteiger partial charge is 0.379 e. The zero-order chi connectivity index (χ0) is 9.97. The normalized spacial score (nSPS) is 10.0. The van der Waals surface area contributed by atoms with Gasteiger partial charge in [0.25, 0.3) is 5.91 Å². The number of carbonyl (C=O) groups is 1. The van der Waals surface area contributed by atoms with Gasteiger partial charge in [-0.25, -0.2) is 4.63 Å². The van der Waals surface area contributed by atoms with Gasteiger partial charge in [0.05, 0.1) is 6.20 Å². The van der Waals surface area contributed by atoms with E-state index in [1.54, 1.807) is 6.07 Å². The summed E-state index contributed by atoms with van der Waals surface area (Å²) >= 11 is 0. The number of hydrogen-bond acceptors (Lipinski definition) is 6. The molecule has 0 saturated carbocycles. The SMILES string of the molecule is Nc1nonc1C(=O)Nc1ccn[nH]1. The Labute approximate surface area is 77.4 Å². The summed E-state index contributed by atoms with van der Waals surface area (Å²) in [6.45, 7) is 0. The van der Waals surface area contributed by atoms with E-state index in [1.165, 1.54) is 6.20 Å². The Kier molecular flexibility index (Phi) is 1.86. The summed E-state index contributed by atoms with van der Waals surface area (Å²) in [7, 11) is 0. The minimum absolute atomic E-state index is 0.0537. The molecule has 0 radical (unpaired) electrons. The van der Waals surface area contributed by atoms with Crippen LogP contribution in [-0.4, -0.2) is 26.4 Å². The maximum Gasteiger partial charge on any atom is 0.282 e. The quantitative estimate of drug-likeness (QED) is 0.599. The van der Waals surface area contributed by atoms with Crippen LogP contribution >= 0.6 is 0 Å². The number of rotatable bonds is 2. The topological polar surface area (TPSA) is 123 Å². The first-order valence-electron chi connectivity index (χ1n) is 3.66. The number of nitrogens with two attached hydrogens (primary N) is 1. The summed E-state index contributed by atoms with van der Waals surface area (Å²) in [4.78, 5) is 11.4. The zero-order valence-electron chi connectivity index (χ0n) is 6.89. The lowest BCUT2D eigenvalue weighted by Crippen LogP contribution is -2.14. The van der Waals surface area contributed by atoms with Crippen molar-refractivity contribution in [2.45, 2.75) is 0 Å². The predicted octanol–water partition coefficient (Wildman–Crippen LogP) is -0.373. The number of amides is 1. The summed E-state index contributed by atoms with van der Waals surface area (Å²) in [5.41, 5.74) is 5.26. The van der Waals surface area contributed by atoms with E-state index in [9.17, 15) is 4.79 Å². The van der Waals surface area contributed by atoms with Gasteiger partial charge in [0.1, 0.15) is 5.82 Å². The number of nitrogens with one attached hydrogen (secondary N) is 2. The number of H-pyrrole nitrogens is 1. The molecule has 0 aromatic carbocycles. The molecule has 2 aromatic heterocycles. The standard InChI is InChI=1S/C6H6N6O2/c7-5-4(11-14-12-5)6(13)9-3-1-2-8-10-3/h1-2H,(H2,7,12)(H2,8,9,10,13). The van der Waals surface area contributed by atoms with E-state index >= 15 is 0 Å². The van der Waals surface area contributed by atoms with Crippen LogP contribution in [0.2, 0.25) is 0 Å². The molecule has 1 amide bonds. The molecular formula is C6H6N6O2. The van der Waals surface area contributed by atoms with Crippen LogP contribution in [0.3, 0.4) is 0 Å². The highest BCUT2D eigenvalue weighted by Gasteiger charge is 2.16. The first kappa shape index (κ1) is 8.23. The lowest BCUT2D eigenvalue weighted by molar-refractivity contribution is 0.101. The predicted molar refractivity (Wildman–Crippen MR) is 45.3 cm³/mol. The molecule has 14 heavy (non-hydrogen) atoms. The van der Waals surface area contributed by atoms with Crippen molar-refractivity contribution in [1.29, 1.82) is 0 Å². The van der Waals surface area contributed by atoms with Gasteiger partial charge in [0.15, 0.2) is 0 Å². The molecule has 0 aliphatic carbocycles. The van der Waals surface area contributed by atoms with Crippen LogP contribution in [0.15, 0.2) is 16.9 Å². The molecule has 0 unspecified atom stereocenters. The number of nitrogens with zero attached hydrogens (tertiary/aromatic N) is 3. The molecule has 4 N–H and O–H groups in total. The van der Waals surface area contributed by atoms with Crippen LogP contribution in [0, 0.1) is 0 Å². The highest BCUT2D eigenvalue weighted by Crippen LogP contribution is 2.07. The van der Waals surface area contributed by atoms with Gasteiger partial charge in [-0.05, 0) is 10.3 Å². The molecule has 0 aliphatic heterocycles. The first-order chi connectivity index (χ1) is 6.77. The van der Waals surface area contributed by atoms with Gasteiger partial charge in [-0.2, -0.15) is 5.10 Å². The van der Waals surface area contributed by atoms with Crippen molar-refractivity contribution in [2.75, 3.05) is 11.1 Å². The van der Waals surface area contributed by atoms with Crippen molar-refractivity contribution < 1.29 is 9.42 Å². The van der Waals surface area contributed by atoms with Crippen molar-refractivity contribution in [3.8, 4) is 0 Å². The Hall–Kier alpha value is -2.38. The van der Waals surface area contributed by atoms with E-state index in [0.717, 1.165) is 0 Å². The van der Waals surface area contributed by atoms with Crippen LogP contribution in [0.4, 0.5) is 11.6 Å². The van der Waals surface area contributed by atoms with E-state index < -0.39 is 5.91 Å². The number of aromatic nitrogens is 4. The number of hydrogen-bond donors (Lipinski definition) is 3. The third-order valence-electron chi connectivity index (χ3n) is 1.48. The lowest BCUT2D eigenvalue weighted by atomic mass is 10.4. The zero-order valence-corrected chi connectivity index (χ0v) is 6.89. The number of carbonyl (C=O) groups excluding carboxylic acids is 1. The van der Waals surface area contributed by atoms with Crippen molar-refractivity contribution >= 4 is 17.5 Å². The van der Waals surface area contributed by atoms with E-state index in [2.05, 4.69) is 30.5 Å². The molecule has 2 aromatic rings. The maximum absolute atomic E-state index is 11.4. The molecule has 8 nitrogen and oxygen atoms in total. The van der Waals surface area contributed by atoms with E-state index in [1.807, 2.05) is 0 Å². The van der Waals surface area contributed by atoms with Gasteiger partial charge >= 0.3 is 0 Å². The van der Waals surface area contributed by atoms with E-state index in [-0.39, 0.29) is 11.5 Å². The van der Waals surface area contributed by atoms with Gasteiger partial charge in [-0.1, -0.05) is 0 Å². The van der Waals surface area contributed by atoms with Crippen LogP contribution < -0.4 is 11.1 Å². The van der Waals surface area contributed by atoms with Crippen LogP contribution in [-0.2, 0) is 0 Å². The Balaban J connectivity index is 2.14. The Morgan fingerprint density at radius 1 is 1.57 bits per heavy atom. The molecule has 0 saturated heterocycles. The third-order valence-corrected chi connectivity index (χ3v) is 1.48. The van der Waals surface area contributed by atoms with Crippen molar-refractivity contribution in [3.63, 3.8) is 0 Å². The molecule has 0 aliphatic rings. The number of anilines is 2. The molecule has 8 heteroatoms. The Bertz CT molecular complexity index is 433. The van der Waals surface area contributed by atoms with Gasteiger partial charge in [-0.3, -0.25) is 9.89 Å². The fourth-order valence-corrected chi connectivity index (χ4v) is 0.860.